The van der Waals surface area contributed by atoms with Gasteiger partial charge in [0, 0.05) is 45.6 Å². The third-order valence-corrected chi connectivity index (χ3v) is 4.37. The first-order valence-corrected chi connectivity index (χ1v) is 7.89. The topological polar surface area (TPSA) is 45.6 Å². The number of piperazine rings is 1. The third-order valence-electron chi connectivity index (χ3n) is 4.04. The molecule has 6 heteroatoms. The highest BCUT2D eigenvalue weighted by Crippen LogP contribution is 2.18. The molecule has 0 radical (unpaired) electrons. The van der Waals surface area contributed by atoms with Gasteiger partial charge >= 0.3 is 0 Å². The van der Waals surface area contributed by atoms with E-state index in [1.807, 2.05) is 30.1 Å². The van der Waals surface area contributed by atoms with E-state index in [2.05, 4.69) is 0 Å². The Labute approximate surface area is 140 Å². The molecule has 2 amide bonds. The van der Waals surface area contributed by atoms with Crippen LogP contribution in [0.25, 0.3) is 0 Å². The molecule has 2 aromatic rings. The van der Waals surface area contributed by atoms with E-state index in [0.717, 1.165) is 0 Å². The summed E-state index contributed by atoms with van der Waals surface area (Å²) in [7, 11) is 1.89. The van der Waals surface area contributed by atoms with Crippen molar-refractivity contribution in [3.05, 3.63) is 58.9 Å². The van der Waals surface area contributed by atoms with Gasteiger partial charge in [0.25, 0.3) is 11.8 Å². The van der Waals surface area contributed by atoms with Crippen LogP contribution in [0.4, 0.5) is 0 Å². The lowest BCUT2D eigenvalue weighted by Gasteiger charge is -2.34. The molecule has 120 valence electrons. The molecule has 0 spiro atoms. The van der Waals surface area contributed by atoms with Crippen molar-refractivity contribution < 1.29 is 9.59 Å². The number of aromatic nitrogens is 1. The number of nitrogens with zero attached hydrogens (tertiary/aromatic N) is 3. The normalized spacial score (nSPS) is 14.9. The molecule has 1 fully saturated rings. The first-order valence-electron chi connectivity index (χ1n) is 7.51. The number of hydrogen-bond donors (Lipinski definition) is 0. The lowest BCUT2D eigenvalue weighted by molar-refractivity contribution is 0.0535. The van der Waals surface area contributed by atoms with Gasteiger partial charge in [-0.1, -0.05) is 23.7 Å². The van der Waals surface area contributed by atoms with Crippen LogP contribution in [-0.4, -0.2) is 52.4 Å². The van der Waals surface area contributed by atoms with Crippen LogP contribution in [0.3, 0.4) is 0 Å². The van der Waals surface area contributed by atoms with Gasteiger partial charge in [0.15, 0.2) is 0 Å². The monoisotopic (exact) mass is 331 g/mol. The van der Waals surface area contributed by atoms with Crippen LogP contribution in [0.2, 0.25) is 5.02 Å². The molecule has 0 atom stereocenters. The highest BCUT2D eigenvalue weighted by Gasteiger charge is 2.26. The molecule has 0 N–H and O–H groups in total. The Morgan fingerprint density at radius 3 is 2.13 bits per heavy atom. The van der Waals surface area contributed by atoms with Gasteiger partial charge in [-0.2, -0.15) is 0 Å². The molecule has 2 heterocycles. The summed E-state index contributed by atoms with van der Waals surface area (Å²) in [5, 5.41) is 0.459. The lowest BCUT2D eigenvalue weighted by atomic mass is 10.1. The van der Waals surface area contributed by atoms with Crippen LogP contribution in [0.1, 0.15) is 20.7 Å². The van der Waals surface area contributed by atoms with Crippen molar-refractivity contribution in [3.63, 3.8) is 0 Å². The minimum atomic E-state index is -0.0811. The molecule has 0 aliphatic carbocycles. The molecule has 3 rings (SSSR count). The van der Waals surface area contributed by atoms with Crippen molar-refractivity contribution in [1.82, 2.24) is 14.4 Å². The van der Waals surface area contributed by atoms with Crippen molar-refractivity contribution in [2.45, 2.75) is 0 Å². The number of carbonyl (C=O) groups excluding carboxylic acids is 2. The van der Waals surface area contributed by atoms with Gasteiger partial charge in [0.05, 0.1) is 16.1 Å². The summed E-state index contributed by atoms with van der Waals surface area (Å²) in [6.45, 7) is 2.10. The number of carbonyl (C=O) groups is 2. The minimum Gasteiger partial charge on any atom is -0.356 e. The smallest absolute Gasteiger partial charge is 0.255 e. The number of aryl methyl sites for hydroxylation is 1. The first kappa shape index (κ1) is 15.6. The maximum Gasteiger partial charge on any atom is 0.255 e. The maximum atomic E-state index is 12.5. The molecule has 5 nitrogen and oxygen atoms in total. The Morgan fingerprint density at radius 2 is 1.57 bits per heavy atom. The molecule has 1 aliphatic heterocycles. The van der Waals surface area contributed by atoms with Crippen LogP contribution in [0.5, 0.6) is 0 Å². The molecule has 23 heavy (non-hydrogen) atoms. The van der Waals surface area contributed by atoms with Crippen molar-refractivity contribution in [2.24, 2.45) is 7.05 Å². The van der Waals surface area contributed by atoms with Crippen LogP contribution in [-0.2, 0) is 7.05 Å². The van der Waals surface area contributed by atoms with Crippen molar-refractivity contribution in [2.75, 3.05) is 26.2 Å². The Morgan fingerprint density at radius 1 is 0.957 bits per heavy atom. The van der Waals surface area contributed by atoms with Gasteiger partial charge in [-0.15, -0.1) is 0 Å². The summed E-state index contributed by atoms with van der Waals surface area (Å²) < 4.78 is 1.85. The molecule has 0 bridgehead atoms. The van der Waals surface area contributed by atoms with Crippen LogP contribution >= 0.6 is 11.6 Å². The maximum absolute atomic E-state index is 12.5. The second-order valence-electron chi connectivity index (χ2n) is 5.63. The summed E-state index contributed by atoms with van der Waals surface area (Å²) in [6.07, 6.45) is 3.66. The minimum absolute atomic E-state index is 0.00967. The second kappa shape index (κ2) is 6.46. The van der Waals surface area contributed by atoms with Crippen LogP contribution < -0.4 is 0 Å². The predicted octanol–water partition coefficient (Wildman–Crippen LogP) is 2.28. The van der Waals surface area contributed by atoms with E-state index in [1.54, 1.807) is 34.1 Å². The summed E-state index contributed by atoms with van der Waals surface area (Å²) in [5.41, 5.74) is 1.19. The molecule has 0 saturated carbocycles. The van der Waals surface area contributed by atoms with Gasteiger partial charge < -0.3 is 14.4 Å². The lowest BCUT2D eigenvalue weighted by Crippen LogP contribution is -2.50. The van der Waals surface area contributed by atoms with Crippen LogP contribution in [0, 0.1) is 0 Å². The van der Waals surface area contributed by atoms with Gasteiger partial charge in [-0.05, 0) is 18.2 Å². The fraction of sp³-hybridized carbons (Fsp3) is 0.294. The molecule has 1 aromatic heterocycles. The Bertz CT molecular complexity index is 733. The van der Waals surface area contributed by atoms with E-state index >= 15 is 0 Å². The molecule has 1 aliphatic rings. The molecule has 1 aromatic carbocycles. The van der Waals surface area contributed by atoms with Crippen molar-refractivity contribution in [1.29, 1.82) is 0 Å². The van der Waals surface area contributed by atoms with E-state index in [1.165, 1.54) is 0 Å². The summed E-state index contributed by atoms with van der Waals surface area (Å²) in [6, 6.07) is 8.85. The van der Waals surface area contributed by atoms with E-state index in [0.29, 0.717) is 42.3 Å². The van der Waals surface area contributed by atoms with Gasteiger partial charge in [-0.25, -0.2) is 0 Å². The number of hydrogen-bond acceptors (Lipinski definition) is 2. The zero-order chi connectivity index (χ0) is 16.4. The van der Waals surface area contributed by atoms with Crippen LogP contribution in [0.15, 0.2) is 42.7 Å². The Balaban J connectivity index is 1.63. The van der Waals surface area contributed by atoms with Crippen molar-refractivity contribution >= 4 is 23.4 Å². The SMILES string of the molecule is Cn1ccc(C(=O)N2CCN(C(=O)c3ccccc3Cl)CC2)c1. The molecular weight excluding hydrogens is 314 g/mol. The summed E-state index contributed by atoms with van der Waals surface area (Å²) >= 11 is 6.09. The summed E-state index contributed by atoms with van der Waals surface area (Å²) in [5.74, 6) is -0.0714. The average molecular weight is 332 g/mol. The molecular formula is C17H18ClN3O2. The highest BCUT2D eigenvalue weighted by molar-refractivity contribution is 6.33. The molecule has 1 saturated heterocycles. The fourth-order valence-electron chi connectivity index (χ4n) is 2.73. The van der Waals surface area contributed by atoms with E-state index in [-0.39, 0.29) is 11.8 Å². The van der Waals surface area contributed by atoms with Gasteiger partial charge in [0.1, 0.15) is 0 Å². The van der Waals surface area contributed by atoms with E-state index in [9.17, 15) is 9.59 Å². The quantitative estimate of drug-likeness (QED) is 0.847. The van der Waals surface area contributed by atoms with Crippen molar-refractivity contribution in [3.8, 4) is 0 Å². The number of amides is 2. The standard InChI is InChI=1S/C17H18ClN3O2/c1-19-7-6-13(12-19)16(22)20-8-10-21(11-9-20)17(23)14-4-2-3-5-15(14)18/h2-7,12H,8-11H2,1H3. The van der Waals surface area contributed by atoms with Gasteiger partial charge in [-0.3, -0.25) is 9.59 Å². The predicted molar refractivity (Wildman–Crippen MR) is 88.7 cm³/mol. The van der Waals surface area contributed by atoms with Gasteiger partial charge in [0.2, 0.25) is 0 Å². The Hall–Kier alpha value is -2.27. The van der Waals surface area contributed by atoms with E-state index in [4.69, 9.17) is 11.6 Å². The Kier molecular flexibility index (Phi) is 4.39. The van der Waals surface area contributed by atoms with E-state index < -0.39 is 0 Å². The average Bonchev–Trinajstić information content (AvgIpc) is 3.01. The largest absolute Gasteiger partial charge is 0.356 e. The number of benzene rings is 1. The number of rotatable bonds is 2. The number of halogens is 1. The first-order chi connectivity index (χ1) is 11.1. The zero-order valence-electron chi connectivity index (χ0n) is 12.9. The summed E-state index contributed by atoms with van der Waals surface area (Å²) in [4.78, 5) is 28.4. The second-order valence-corrected chi connectivity index (χ2v) is 6.04. The molecule has 0 unspecified atom stereocenters. The highest BCUT2D eigenvalue weighted by atomic mass is 35.5. The fourth-order valence-corrected chi connectivity index (χ4v) is 2.95. The zero-order valence-corrected chi connectivity index (χ0v) is 13.7. The third kappa shape index (κ3) is 3.24.